The fraction of sp³-hybridized carbons (Fsp3) is 0. The Morgan fingerprint density at radius 3 is 1.65 bits per heavy atom. The summed E-state index contributed by atoms with van der Waals surface area (Å²) < 4.78 is 0. The molecule has 0 saturated heterocycles. The summed E-state index contributed by atoms with van der Waals surface area (Å²) in [4.78, 5) is 18.8. The topological polar surface area (TPSA) is 43.0 Å². The fourth-order valence-corrected chi connectivity index (χ4v) is 6.00. The molecule has 0 unspecified atom stereocenters. The molecule has 0 spiro atoms. The molecule has 0 radical (unpaired) electrons. The first-order chi connectivity index (χ1) is 22.7. The van der Waals surface area contributed by atoms with Crippen molar-refractivity contribution in [2.24, 2.45) is 0 Å². The summed E-state index contributed by atoms with van der Waals surface area (Å²) in [5, 5.41) is 4.44. The maximum absolute atomic E-state index is 7.24. The Kier molecular flexibility index (Phi) is 6.83. The zero-order chi connectivity index (χ0) is 30.9. The van der Waals surface area contributed by atoms with E-state index in [4.69, 9.17) is 21.5 Å². The van der Waals surface area contributed by atoms with Crippen molar-refractivity contribution >= 4 is 27.2 Å². The second-order valence-electron chi connectivity index (χ2n) is 11.2. The zero-order valence-corrected chi connectivity index (χ0v) is 24.8. The molecule has 4 nitrogen and oxygen atoms in total. The van der Waals surface area contributed by atoms with Crippen LogP contribution < -0.4 is 0 Å². The van der Waals surface area contributed by atoms with Crippen molar-refractivity contribution in [2.45, 2.75) is 0 Å². The second-order valence-corrected chi connectivity index (χ2v) is 11.2. The molecule has 8 rings (SSSR count). The van der Waals surface area contributed by atoms with Crippen molar-refractivity contribution < 1.29 is 0 Å². The van der Waals surface area contributed by atoms with Crippen LogP contribution in [0.5, 0.6) is 0 Å². The highest BCUT2D eigenvalue weighted by molar-refractivity contribution is 6.03. The van der Waals surface area contributed by atoms with E-state index in [1.807, 2.05) is 60.7 Å². The fourth-order valence-electron chi connectivity index (χ4n) is 6.00. The lowest BCUT2D eigenvalue weighted by atomic mass is 9.93. The number of nitrogens with zero attached hydrogens (tertiary/aromatic N) is 4. The van der Waals surface area contributed by atoms with Crippen LogP contribution in [0.3, 0.4) is 0 Å². The van der Waals surface area contributed by atoms with Gasteiger partial charge < -0.3 is 0 Å². The molecule has 0 amide bonds. The van der Waals surface area contributed by atoms with E-state index in [2.05, 4.69) is 102 Å². The maximum atomic E-state index is 7.24. The van der Waals surface area contributed by atoms with Crippen LogP contribution in [-0.2, 0) is 0 Å². The highest BCUT2D eigenvalue weighted by Crippen LogP contribution is 2.38. The Morgan fingerprint density at radius 2 is 0.935 bits per heavy atom. The van der Waals surface area contributed by atoms with E-state index in [0.29, 0.717) is 23.2 Å². The van der Waals surface area contributed by atoms with Gasteiger partial charge in [-0.25, -0.2) is 19.8 Å². The van der Waals surface area contributed by atoms with Crippen LogP contribution in [0.4, 0.5) is 5.69 Å². The van der Waals surface area contributed by atoms with E-state index in [1.54, 1.807) is 0 Å². The van der Waals surface area contributed by atoms with Gasteiger partial charge in [-0.1, -0.05) is 146 Å². The molecule has 0 atom stereocenters. The highest BCUT2D eigenvalue weighted by Gasteiger charge is 2.18. The number of aromatic nitrogens is 3. The Morgan fingerprint density at radius 1 is 0.391 bits per heavy atom. The van der Waals surface area contributed by atoms with Crippen LogP contribution in [-0.4, -0.2) is 15.0 Å². The molecular formula is C42H26N4. The molecule has 0 bridgehead atoms. The summed E-state index contributed by atoms with van der Waals surface area (Å²) in [7, 11) is 0. The maximum Gasteiger partial charge on any atom is 0.187 e. The second kappa shape index (κ2) is 11.6. The van der Waals surface area contributed by atoms with E-state index in [1.165, 1.54) is 0 Å². The Balaban J connectivity index is 1.31. The predicted molar refractivity (Wildman–Crippen MR) is 188 cm³/mol. The Bertz CT molecular complexity index is 2410. The molecule has 214 valence electrons. The molecule has 0 aliphatic rings. The molecule has 46 heavy (non-hydrogen) atoms. The smallest absolute Gasteiger partial charge is 0.187 e. The molecule has 8 aromatic rings. The van der Waals surface area contributed by atoms with Crippen molar-refractivity contribution in [1.82, 2.24) is 15.0 Å². The predicted octanol–water partition coefficient (Wildman–Crippen LogP) is 11.1. The first-order valence-electron chi connectivity index (χ1n) is 15.1. The summed E-state index contributed by atoms with van der Waals surface area (Å²) in [6, 6.07) is 53.8. The molecule has 1 heterocycles. The summed E-state index contributed by atoms with van der Waals surface area (Å²) in [5.74, 6) is 1.89. The molecule has 0 aliphatic heterocycles. The monoisotopic (exact) mass is 586 g/mol. The number of benzene rings is 7. The van der Waals surface area contributed by atoms with Crippen molar-refractivity contribution in [3.63, 3.8) is 0 Å². The molecule has 0 aliphatic carbocycles. The van der Waals surface area contributed by atoms with Crippen molar-refractivity contribution in [3.8, 4) is 56.4 Å². The van der Waals surface area contributed by atoms with Gasteiger partial charge >= 0.3 is 0 Å². The van der Waals surface area contributed by atoms with Gasteiger partial charge in [0.15, 0.2) is 23.2 Å². The van der Waals surface area contributed by atoms with E-state index in [0.717, 1.165) is 60.5 Å². The van der Waals surface area contributed by atoms with Gasteiger partial charge in [0, 0.05) is 16.7 Å². The van der Waals surface area contributed by atoms with Gasteiger partial charge in [0.05, 0.1) is 6.57 Å². The standard InChI is InChI=1S/C42H26N4/c1-43-36-23-20-28(21-24-36)32-16-17-34-27-35(19-18-33(34)26-32)41-44-40(31-13-6-3-7-14-31)45-42(46-41)39-37-15-9-8-12-30(37)22-25-38(39)29-10-4-2-5-11-29/h2-27H. The third kappa shape index (κ3) is 5.06. The van der Waals surface area contributed by atoms with Gasteiger partial charge in [-0.2, -0.15) is 0 Å². The van der Waals surface area contributed by atoms with Gasteiger partial charge in [-0.3, -0.25) is 0 Å². The average molecular weight is 587 g/mol. The molecule has 0 saturated carbocycles. The van der Waals surface area contributed by atoms with Crippen molar-refractivity contribution in [1.29, 1.82) is 0 Å². The minimum atomic E-state index is 0.622. The molecule has 4 heteroatoms. The molecule has 7 aromatic carbocycles. The summed E-state index contributed by atoms with van der Waals surface area (Å²) >= 11 is 0. The van der Waals surface area contributed by atoms with Crippen molar-refractivity contribution in [2.75, 3.05) is 0 Å². The average Bonchev–Trinajstić information content (AvgIpc) is 3.14. The van der Waals surface area contributed by atoms with Crippen molar-refractivity contribution in [3.05, 3.63) is 169 Å². The SMILES string of the molecule is [C-]#[N+]c1ccc(-c2ccc3cc(-c4nc(-c5ccccc5)nc(-c5c(-c6ccccc6)ccc6ccccc56)n4)ccc3c2)cc1. The number of rotatable bonds is 5. The van der Waals surface area contributed by atoms with E-state index >= 15 is 0 Å². The van der Waals surface area contributed by atoms with Gasteiger partial charge in [0.25, 0.3) is 0 Å². The number of hydrogen-bond donors (Lipinski definition) is 0. The first kappa shape index (κ1) is 27.1. The molecule has 0 fully saturated rings. The summed E-state index contributed by atoms with van der Waals surface area (Å²) in [6.07, 6.45) is 0. The van der Waals surface area contributed by atoms with Crippen LogP contribution in [0, 0.1) is 6.57 Å². The zero-order valence-electron chi connectivity index (χ0n) is 24.8. The summed E-state index contributed by atoms with van der Waals surface area (Å²) in [6.45, 7) is 7.24. The molecular weight excluding hydrogens is 560 g/mol. The van der Waals surface area contributed by atoms with Gasteiger partial charge in [0.1, 0.15) is 0 Å². The van der Waals surface area contributed by atoms with Gasteiger partial charge in [-0.15, -0.1) is 0 Å². The van der Waals surface area contributed by atoms with Gasteiger partial charge in [-0.05, 0) is 55.9 Å². The van der Waals surface area contributed by atoms with E-state index in [9.17, 15) is 0 Å². The number of hydrogen-bond acceptors (Lipinski definition) is 3. The quantitative estimate of drug-likeness (QED) is 0.188. The lowest BCUT2D eigenvalue weighted by molar-refractivity contribution is 1.08. The highest BCUT2D eigenvalue weighted by atomic mass is 15.0. The minimum Gasteiger partial charge on any atom is -0.238 e. The van der Waals surface area contributed by atoms with Crippen LogP contribution in [0.15, 0.2) is 158 Å². The minimum absolute atomic E-state index is 0.622. The molecule has 1 aromatic heterocycles. The number of fused-ring (bicyclic) bond motifs is 2. The van der Waals surface area contributed by atoms with Crippen LogP contribution in [0.25, 0.3) is 82.8 Å². The lowest BCUT2D eigenvalue weighted by Crippen LogP contribution is -2.01. The Hall–Kier alpha value is -6.44. The van der Waals surface area contributed by atoms with Gasteiger partial charge in [0.2, 0.25) is 0 Å². The lowest BCUT2D eigenvalue weighted by Gasteiger charge is -2.15. The largest absolute Gasteiger partial charge is 0.238 e. The normalized spacial score (nSPS) is 11.0. The van der Waals surface area contributed by atoms with Crippen LogP contribution >= 0.6 is 0 Å². The van der Waals surface area contributed by atoms with E-state index < -0.39 is 0 Å². The third-order valence-electron chi connectivity index (χ3n) is 8.33. The summed E-state index contributed by atoms with van der Waals surface area (Å²) in [5.41, 5.74) is 7.85. The third-order valence-corrected chi connectivity index (χ3v) is 8.33. The Labute approximate surface area is 267 Å². The van der Waals surface area contributed by atoms with E-state index in [-0.39, 0.29) is 0 Å². The first-order valence-corrected chi connectivity index (χ1v) is 15.1. The molecule has 0 N–H and O–H groups in total. The van der Waals surface area contributed by atoms with Crippen LogP contribution in [0.2, 0.25) is 0 Å². The van der Waals surface area contributed by atoms with Crippen LogP contribution in [0.1, 0.15) is 0 Å².